The molecule has 0 unspecified atom stereocenters. The van der Waals surface area contributed by atoms with E-state index in [1.54, 1.807) is 35.8 Å². The fourth-order valence-electron chi connectivity index (χ4n) is 2.81. The predicted molar refractivity (Wildman–Crippen MR) is 97.3 cm³/mol. The minimum Gasteiger partial charge on any atom is -0.471 e. The molecule has 0 aliphatic carbocycles. The first-order valence-corrected chi connectivity index (χ1v) is 8.67. The van der Waals surface area contributed by atoms with E-state index in [0.29, 0.717) is 29.6 Å². The van der Waals surface area contributed by atoms with Gasteiger partial charge in [0.15, 0.2) is 0 Å². The molecular weight excluding hydrogens is 352 g/mol. The van der Waals surface area contributed by atoms with Crippen LogP contribution in [0, 0.1) is 0 Å². The van der Waals surface area contributed by atoms with Crippen molar-refractivity contribution in [2.45, 2.75) is 12.6 Å². The lowest BCUT2D eigenvalue weighted by molar-refractivity contribution is 0.0160. The molecule has 0 bridgehead atoms. The van der Waals surface area contributed by atoms with Gasteiger partial charge >= 0.3 is 0 Å². The highest BCUT2D eigenvalue weighted by Gasteiger charge is 2.33. The summed E-state index contributed by atoms with van der Waals surface area (Å²) in [5.41, 5.74) is 1.81. The molecule has 1 saturated heterocycles. The topological polar surface area (TPSA) is 60.2 Å². The maximum Gasteiger partial charge on any atom is 0.254 e. The standard InChI is InChI=1S/C19H17ClN4O2/c20-16-5-6-18(22-9-16)26-17-11-24(12-17)19(25)15-3-1-14(2-4-15)10-23-8-7-21-13-23/h1-9,13,17H,10-12H2. The van der Waals surface area contributed by atoms with Crippen LogP contribution >= 0.6 is 11.6 Å². The number of hydrogen-bond donors (Lipinski definition) is 0. The molecule has 1 aromatic carbocycles. The van der Waals surface area contributed by atoms with E-state index in [1.807, 2.05) is 35.0 Å². The van der Waals surface area contributed by atoms with E-state index >= 15 is 0 Å². The zero-order chi connectivity index (χ0) is 17.9. The third kappa shape index (κ3) is 3.70. The first-order chi connectivity index (χ1) is 12.7. The normalized spacial score (nSPS) is 14.1. The van der Waals surface area contributed by atoms with E-state index in [2.05, 4.69) is 9.97 Å². The second kappa shape index (κ2) is 7.17. The lowest BCUT2D eigenvalue weighted by atomic mass is 10.1. The summed E-state index contributed by atoms with van der Waals surface area (Å²) in [6.07, 6.45) is 6.95. The Hall–Kier alpha value is -2.86. The predicted octanol–water partition coefficient (Wildman–Crippen LogP) is 2.88. The highest BCUT2D eigenvalue weighted by atomic mass is 35.5. The zero-order valence-electron chi connectivity index (χ0n) is 14.0. The van der Waals surface area contributed by atoms with Crippen molar-refractivity contribution in [1.82, 2.24) is 19.4 Å². The van der Waals surface area contributed by atoms with E-state index in [0.717, 1.165) is 12.1 Å². The molecule has 26 heavy (non-hydrogen) atoms. The Labute approximate surface area is 156 Å². The summed E-state index contributed by atoms with van der Waals surface area (Å²) in [6.45, 7) is 1.85. The van der Waals surface area contributed by atoms with Crippen LogP contribution in [0.1, 0.15) is 15.9 Å². The van der Waals surface area contributed by atoms with Crippen LogP contribution in [-0.4, -0.2) is 44.5 Å². The van der Waals surface area contributed by atoms with Crippen LogP contribution in [0.5, 0.6) is 5.88 Å². The van der Waals surface area contributed by atoms with Gasteiger partial charge in [-0.05, 0) is 23.8 Å². The Balaban J connectivity index is 1.30. The Morgan fingerprint density at radius 3 is 2.65 bits per heavy atom. The number of nitrogens with zero attached hydrogens (tertiary/aromatic N) is 4. The van der Waals surface area contributed by atoms with E-state index in [1.165, 1.54) is 0 Å². The molecule has 7 heteroatoms. The lowest BCUT2D eigenvalue weighted by Crippen LogP contribution is -2.56. The highest BCUT2D eigenvalue weighted by Crippen LogP contribution is 2.20. The first-order valence-electron chi connectivity index (χ1n) is 8.29. The molecule has 3 heterocycles. The summed E-state index contributed by atoms with van der Waals surface area (Å²) in [4.78, 5) is 22.4. The third-order valence-corrected chi connectivity index (χ3v) is 4.47. The molecule has 3 aromatic rings. The van der Waals surface area contributed by atoms with Crippen molar-refractivity contribution >= 4 is 17.5 Å². The molecule has 1 amide bonds. The summed E-state index contributed by atoms with van der Waals surface area (Å²) >= 11 is 5.80. The van der Waals surface area contributed by atoms with Gasteiger partial charge in [0.2, 0.25) is 5.88 Å². The molecule has 0 atom stereocenters. The molecule has 0 N–H and O–H groups in total. The zero-order valence-corrected chi connectivity index (χ0v) is 14.7. The summed E-state index contributed by atoms with van der Waals surface area (Å²) in [6, 6.07) is 11.1. The van der Waals surface area contributed by atoms with Crippen molar-refractivity contribution in [3.63, 3.8) is 0 Å². The van der Waals surface area contributed by atoms with Crippen LogP contribution in [0.2, 0.25) is 5.02 Å². The van der Waals surface area contributed by atoms with Gasteiger partial charge in [0, 0.05) is 36.8 Å². The van der Waals surface area contributed by atoms with Crippen molar-refractivity contribution in [1.29, 1.82) is 0 Å². The summed E-state index contributed by atoms with van der Waals surface area (Å²) < 4.78 is 7.71. The van der Waals surface area contributed by atoms with Crippen LogP contribution in [0.4, 0.5) is 0 Å². The number of hydrogen-bond acceptors (Lipinski definition) is 4. The second-order valence-electron chi connectivity index (χ2n) is 6.20. The Morgan fingerprint density at radius 2 is 2.00 bits per heavy atom. The van der Waals surface area contributed by atoms with E-state index in [9.17, 15) is 4.79 Å². The number of imidazole rings is 1. The minimum atomic E-state index is -0.0341. The van der Waals surface area contributed by atoms with Crippen LogP contribution in [0.25, 0.3) is 0 Å². The highest BCUT2D eigenvalue weighted by molar-refractivity contribution is 6.30. The van der Waals surface area contributed by atoms with Crippen LogP contribution in [-0.2, 0) is 6.54 Å². The number of likely N-dealkylation sites (tertiary alicyclic amines) is 1. The van der Waals surface area contributed by atoms with Crippen LogP contribution < -0.4 is 4.74 Å². The van der Waals surface area contributed by atoms with Crippen molar-refractivity contribution in [3.8, 4) is 5.88 Å². The molecule has 0 radical (unpaired) electrons. The van der Waals surface area contributed by atoms with Gasteiger partial charge in [0.1, 0.15) is 6.10 Å². The van der Waals surface area contributed by atoms with Crippen LogP contribution in [0.3, 0.4) is 0 Å². The number of pyridine rings is 1. The monoisotopic (exact) mass is 368 g/mol. The molecule has 132 valence electrons. The SMILES string of the molecule is O=C(c1ccc(Cn2ccnc2)cc1)N1CC(Oc2ccc(Cl)cn2)C1. The number of amides is 1. The summed E-state index contributed by atoms with van der Waals surface area (Å²) in [7, 11) is 0. The van der Waals surface area contributed by atoms with E-state index in [4.69, 9.17) is 16.3 Å². The van der Waals surface area contributed by atoms with Crippen molar-refractivity contribution in [2.75, 3.05) is 13.1 Å². The Kier molecular flexibility index (Phi) is 4.58. The largest absolute Gasteiger partial charge is 0.471 e. The molecule has 1 aliphatic rings. The quantitative estimate of drug-likeness (QED) is 0.694. The smallest absolute Gasteiger partial charge is 0.254 e. The summed E-state index contributed by atoms with van der Waals surface area (Å²) in [5, 5.41) is 0.569. The molecule has 0 saturated carbocycles. The molecule has 4 rings (SSSR count). The van der Waals surface area contributed by atoms with Crippen molar-refractivity contribution in [3.05, 3.63) is 77.5 Å². The van der Waals surface area contributed by atoms with E-state index in [-0.39, 0.29) is 12.0 Å². The fraction of sp³-hybridized carbons (Fsp3) is 0.211. The molecule has 6 nitrogen and oxygen atoms in total. The van der Waals surface area contributed by atoms with Crippen molar-refractivity contribution in [2.24, 2.45) is 0 Å². The molecule has 0 spiro atoms. The average molecular weight is 369 g/mol. The van der Waals surface area contributed by atoms with Gasteiger partial charge in [-0.1, -0.05) is 23.7 Å². The first kappa shape index (κ1) is 16.6. The maximum atomic E-state index is 12.5. The number of rotatable bonds is 5. The fourth-order valence-corrected chi connectivity index (χ4v) is 2.92. The molecule has 2 aromatic heterocycles. The van der Waals surface area contributed by atoms with Gasteiger partial charge < -0.3 is 14.2 Å². The van der Waals surface area contributed by atoms with Gasteiger partial charge in [0.25, 0.3) is 5.91 Å². The molecule has 1 fully saturated rings. The Morgan fingerprint density at radius 1 is 1.19 bits per heavy atom. The lowest BCUT2D eigenvalue weighted by Gasteiger charge is -2.38. The second-order valence-corrected chi connectivity index (χ2v) is 6.63. The van der Waals surface area contributed by atoms with Gasteiger partial charge in [-0.25, -0.2) is 9.97 Å². The number of halogens is 1. The van der Waals surface area contributed by atoms with Crippen LogP contribution in [0.15, 0.2) is 61.3 Å². The van der Waals surface area contributed by atoms with Gasteiger partial charge in [-0.3, -0.25) is 4.79 Å². The number of ether oxygens (including phenoxy) is 1. The number of carbonyl (C=O) groups is 1. The molecule has 1 aliphatic heterocycles. The number of aromatic nitrogens is 3. The van der Waals surface area contributed by atoms with Gasteiger partial charge in [0.05, 0.1) is 24.4 Å². The number of carbonyl (C=O) groups excluding carboxylic acids is 1. The Bertz CT molecular complexity index is 873. The van der Waals surface area contributed by atoms with Gasteiger partial charge in [-0.2, -0.15) is 0 Å². The van der Waals surface area contributed by atoms with E-state index < -0.39 is 0 Å². The van der Waals surface area contributed by atoms with Crippen molar-refractivity contribution < 1.29 is 9.53 Å². The number of benzene rings is 1. The maximum absolute atomic E-state index is 12.5. The average Bonchev–Trinajstić information content (AvgIpc) is 3.12. The molecular formula is C19H17ClN4O2. The van der Waals surface area contributed by atoms with Gasteiger partial charge in [-0.15, -0.1) is 0 Å². The third-order valence-electron chi connectivity index (χ3n) is 4.25. The summed E-state index contributed by atoms with van der Waals surface area (Å²) in [5.74, 6) is 0.540. The minimum absolute atomic E-state index is 0.0168.